The Balaban J connectivity index is 2.40. The van der Waals surface area contributed by atoms with Gasteiger partial charge >= 0.3 is 0 Å². The van der Waals surface area contributed by atoms with Gasteiger partial charge in [0.1, 0.15) is 5.75 Å². The van der Waals surface area contributed by atoms with Crippen LogP contribution >= 0.6 is 11.5 Å². The average Bonchev–Trinajstić information content (AvgIpc) is 2.79. The molecule has 0 amide bonds. The van der Waals surface area contributed by atoms with Crippen LogP contribution in [0.2, 0.25) is 0 Å². The Morgan fingerprint density at radius 2 is 1.83 bits per heavy atom. The van der Waals surface area contributed by atoms with E-state index in [1.807, 2.05) is 30.3 Å². The first-order valence-corrected chi connectivity index (χ1v) is 6.37. The number of nitrogens with zero attached hydrogens (tertiary/aromatic N) is 2. The van der Waals surface area contributed by atoms with Crippen LogP contribution in [0, 0.1) is 0 Å². The van der Waals surface area contributed by atoms with Gasteiger partial charge in [0.25, 0.3) is 0 Å². The molecule has 3 nitrogen and oxygen atoms in total. The van der Waals surface area contributed by atoms with Gasteiger partial charge in [0, 0.05) is 11.6 Å². The minimum Gasteiger partial charge on any atom is -0.507 e. The molecule has 2 heterocycles. The number of aromatic hydroxyl groups is 1. The van der Waals surface area contributed by atoms with Crippen molar-refractivity contribution in [2.45, 2.75) is 0 Å². The van der Waals surface area contributed by atoms with Gasteiger partial charge in [-0.25, -0.2) is 9.36 Å². The van der Waals surface area contributed by atoms with E-state index in [4.69, 9.17) is 0 Å². The molecular formula is C14H8N2OS. The summed E-state index contributed by atoms with van der Waals surface area (Å²) in [6.07, 6.45) is 1.79. The van der Waals surface area contributed by atoms with Crippen LogP contribution in [-0.2, 0) is 0 Å². The predicted octanol–water partition coefficient (Wildman–Crippen LogP) is 3.70. The average molecular weight is 252 g/mol. The molecule has 18 heavy (non-hydrogen) atoms. The van der Waals surface area contributed by atoms with Crippen molar-refractivity contribution in [2.24, 2.45) is 0 Å². The van der Waals surface area contributed by atoms with Gasteiger partial charge in [0.15, 0.2) is 0 Å². The normalized spacial score (nSPS) is 11.6. The van der Waals surface area contributed by atoms with Crippen molar-refractivity contribution in [1.29, 1.82) is 0 Å². The quantitative estimate of drug-likeness (QED) is 0.519. The first kappa shape index (κ1) is 9.79. The van der Waals surface area contributed by atoms with E-state index in [0.717, 1.165) is 31.9 Å². The topological polar surface area (TPSA) is 46.0 Å². The van der Waals surface area contributed by atoms with E-state index in [2.05, 4.69) is 9.36 Å². The van der Waals surface area contributed by atoms with E-state index in [9.17, 15) is 5.11 Å². The van der Waals surface area contributed by atoms with Crippen LogP contribution in [0.3, 0.4) is 0 Å². The molecule has 86 valence electrons. The van der Waals surface area contributed by atoms with E-state index >= 15 is 0 Å². The maximum Gasteiger partial charge on any atom is 0.125 e. The van der Waals surface area contributed by atoms with Crippen molar-refractivity contribution < 1.29 is 5.11 Å². The van der Waals surface area contributed by atoms with Crippen LogP contribution in [-0.4, -0.2) is 14.5 Å². The zero-order valence-corrected chi connectivity index (χ0v) is 10.1. The Bertz CT molecular complexity index is 898. The fourth-order valence-electron chi connectivity index (χ4n) is 2.35. The van der Waals surface area contributed by atoms with Crippen molar-refractivity contribution in [3.8, 4) is 5.75 Å². The smallest absolute Gasteiger partial charge is 0.125 e. The molecule has 0 bridgehead atoms. The maximum absolute atomic E-state index is 10.1. The van der Waals surface area contributed by atoms with Crippen LogP contribution < -0.4 is 0 Å². The number of phenolic OH excluding ortho intramolecular Hbond substituents is 1. The molecule has 1 N–H and O–H groups in total. The standard InChI is InChI=1S/C14H8N2OS/c17-11-3-1-2-9-12(11)13-10(16-9)5-4-8-6-7-15-18-14(8)13/h1-7,17H. The van der Waals surface area contributed by atoms with Crippen LogP contribution in [0.5, 0.6) is 5.75 Å². The zero-order chi connectivity index (χ0) is 12.1. The van der Waals surface area contributed by atoms with E-state index < -0.39 is 0 Å². The molecule has 0 fully saturated rings. The van der Waals surface area contributed by atoms with Gasteiger partial charge in [-0.05, 0) is 41.2 Å². The second-order valence-electron chi connectivity index (χ2n) is 4.17. The molecule has 4 heteroatoms. The minimum absolute atomic E-state index is 0.276. The molecule has 0 saturated carbocycles. The third-order valence-electron chi connectivity index (χ3n) is 3.14. The summed E-state index contributed by atoms with van der Waals surface area (Å²) in [4.78, 5) is 4.55. The lowest BCUT2D eigenvalue weighted by Gasteiger charge is -1.99. The molecule has 4 aromatic rings. The van der Waals surface area contributed by atoms with Gasteiger partial charge in [-0.15, -0.1) is 0 Å². The molecule has 0 saturated heterocycles. The molecule has 0 aliphatic carbocycles. The van der Waals surface area contributed by atoms with Crippen LogP contribution in [0.25, 0.3) is 31.9 Å². The number of fused-ring (bicyclic) bond motifs is 5. The summed E-state index contributed by atoms with van der Waals surface area (Å²) in [7, 11) is 0. The molecule has 0 aliphatic heterocycles. The number of aromatic nitrogens is 2. The fraction of sp³-hybridized carbons (Fsp3) is 0. The summed E-state index contributed by atoms with van der Waals surface area (Å²) in [6.45, 7) is 0. The Hall–Kier alpha value is -2.20. The fourth-order valence-corrected chi connectivity index (χ4v) is 3.12. The minimum atomic E-state index is 0.276. The molecule has 2 aromatic carbocycles. The first-order valence-electron chi connectivity index (χ1n) is 5.59. The van der Waals surface area contributed by atoms with Gasteiger partial charge in [0.2, 0.25) is 0 Å². The van der Waals surface area contributed by atoms with Gasteiger partial charge in [-0.2, -0.15) is 0 Å². The Labute approximate surface area is 106 Å². The third kappa shape index (κ3) is 1.18. The Morgan fingerprint density at radius 1 is 0.944 bits per heavy atom. The number of phenols is 1. The highest BCUT2D eigenvalue weighted by Crippen LogP contribution is 2.37. The Morgan fingerprint density at radius 3 is 2.78 bits per heavy atom. The van der Waals surface area contributed by atoms with Crippen molar-refractivity contribution >= 4 is 43.4 Å². The number of rotatable bonds is 0. The molecule has 0 aliphatic rings. The summed E-state index contributed by atoms with van der Waals surface area (Å²) in [6, 6.07) is 11.4. The van der Waals surface area contributed by atoms with Crippen molar-refractivity contribution in [3.05, 3.63) is 42.6 Å². The van der Waals surface area contributed by atoms with Crippen molar-refractivity contribution in [3.63, 3.8) is 0 Å². The van der Waals surface area contributed by atoms with Gasteiger partial charge in [-0.1, -0.05) is 12.1 Å². The summed E-state index contributed by atoms with van der Waals surface area (Å²) in [5.41, 5.74) is 1.73. The number of hydrogen-bond donors (Lipinski definition) is 1. The number of hydrogen-bond acceptors (Lipinski definition) is 4. The van der Waals surface area contributed by atoms with Gasteiger partial charge in [-0.3, -0.25) is 0 Å². The van der Waals surface area contributed by atoms with Crippen LogP contribution in [0.15, 0.2) is 42.6 Å². The summed E-state index contributed by atoms with van der Waals surface area (Å²) >= 11 is 1.43. The second kappa shape index (κ2) is 3.40. The van der Waals surface area contributed by atoms with Crippen molar-refractivity contribution in [1.82, 2.24) is 9.36 Å². The van der Waals surface area contributed by atoms with Crippen LogP contribution in [0.4, 0.5) is 0 Å². The first-order chi connectivity index (χ1) is 8.84. The predicted molar refractivity (Wildman–Crippen MR) is 74.1 cm³/mol. The van der Waals surface area contributed by atoms with Crippen LogP contribution in [0.1, 0.15) is 0 Å². The molecule has 0 unspecified atom stereocenters. The molecular weight excluding hydrogens is 244 g/mol. The molecule has 0 atom stereocenters. The zero-order valence-electron chi connectivity index (χ0n) is 9.29. The highest BCUT2D eigenvalue weighted by atomic mass is 32.1. The lowest BCUT2D eigenvalue weighted by Crippen LogP contribution is -1.74. The summed E-state index contributed by atoms with van der Waals surface area (Å²) < 4.78 is 5.28. The van der Waals surface area contributed by atoms with E-state index in [-0.39, 0.29) is 5.75 Å². The number of benzene rings is 2. The van der Waals surface area contributed by atoms with E-state index in [0.29, 0.717) is 0 Å². The third-order valence-corrected chi connectivity index (χ3v) is 3.99. The Kier molecular flexibility index (Phi) is 1.85. The summed E-state index contributed by atoms with van der Waals surface area (Å²) in [5, 5.41) is 13.0. The molecule has 0 spiro atoms. The molecule has 2 aromatic heterocycles. The van der Waals surface area contributed by atoms with Gasteiger partial charge < -0.3 is 5.11 Å². The highest BCUT2D eigenvalue weighted by Gasteiger charge is 2.12. The van der Waals surface area contributed by atoms with Gasteiger partial charge in [0.05, 0.1) is 21.1 Å². The lowest BCUT2D eigenvalue weighted by molar-refractivity contribution is 0.482. The van der Waals surface area contributed by atoms with E-state index in [1.54, 1.807) is 12.3 Å². The maximum atomic E-state index is 10.1. The summed E-state index contributed by atoms with van der Waals surface area (Å²) in [5.74, 6) is 0.276. The molecule has 0 radical (unpaired) electrons. The van der Waals surface area contributed by atoms with Crippen molar-refractivity contribution in [2.75, 3.05) is 0 Å². The second-order valence-corrected chi connectivity index (χ2v) is 4.98. The monoisotopic (exact) mass is 252 g/mol. The largest absolute Gasteiger partial charge is 0.507 e. The highest BCUT2D eigenvalue weighted by molar-refractivity contribution is 7.14. The molecule has 4 rings (SSSR count). The SMILES string of the molecule is Oc1cccc2nc3ccc4ccnsc4c3c12. The lowest BCUT2D eigenvalue weighted by atomic mass is 10.1. The van der Waals surface area contributed by atoms with E-state index in [1.165, 1.54) is 11.5 Å².